The van der Waals surface area contributed by atoms with Gasteiger partial charge in [-0.3, -0.25) is 9.37 Å². The van der Waals surface area contributed by atoms with Crippen LogP contribution < -0.4 is 5.19 Å². The zero-order valence-corrected chi connectivity index (χ0v) is 42.8. The van der Waals surface area contributed by atoms with E-state index in [1.165, 1.54) is 76.9 Å². The van der Waals surface area contributed by atoms with E-state index in [0.717, 1.165) is 27.6 Å². The molecule has 0 unspecified atom stereocenters. The van der Waals surface area contributed by atoms with Crippen molar-refractivity contribution in [1.82, 2.24) is 14.5 Å². The Balaban J connectivity index is 0.000000246. The van der Waals surface area contributed by atoms with Crippen molar-refractivity contribution in [2.75, 3.05) is 0 Å². The molecule has 1 radical (unpaired) electrons. The second-order valence-corrected chi connectivity index (χ2v) is 24.6. The van der Waals surface area contributed by atoms with Crippen LogP contribution in [0.15, 0.2) is 152 Å². The summed E-state index contributed by atoms with van der Waals surface area (Å²) in [5.74, 6) is 1.29. The van der Waals surface area contributed by atoms with E-state index in [0.29, 0.717) is 28.7 Å². The van der Waals surface area contributed by atoms with Crippen molar-refractivity contribution in [3.8, 4) is 50.6 Å². The standard InChI is InChI=1S/C44H37N2S.C15H17FNSi.Ir/c1-27(2)36-24-29(5)25-37(28(3)4)42(36)46-40-17-10-9-16-39(40)45-44(46)35-15-11-14-34-38-26-33(22-23-41(38)47-43(34)35)32-20-18-31(19-21-32)30-12-7-6-8-13-30;1-11-9-14(12-5-7-13(16)8-6-12)17-10-15(11)18(2,3)4;/h6-14,16-28H,1-5H3;5,7-10H,1-4H3;/q2*-1;/i;1D3;. The first-order valence-corrected chi connectivity index (χ1v) is 26.6. The molecule has 0 fully saturated rings. The predicted molar refractivity (Wildman–Crippen MR) is 278 cm³/mol. The van der Waals surface area contributed by atoms with Crippen molar-refractivity contribution in [3.63, 3.8) is 0 Å². The summed E-state index contributed by atoms with van der Waals surface area (Å²) in [4.78, 5) is 9.69. The molecule has 10 aromatic rings. The van der Waals surface area contributed by atoms with Gasteiger partial charge < -0.3 is 9.55 Å². The summed E-state index contributed by atoms with van der Waals surface area (Å²) in [6, 6.07) is 56.1. The van der Waals surface area contributed by atoms with Crippen molar-refractivity contribution in [2.24, 2.45) is 0 Å². The number of aryl methyl sites for hydroxylation is 2. The minimum absolute atomic E-state index is 0. The van der Waals surface area contributed by atoms with Crippen LogP contribution in [0.1, 0.15) is 65.9 Å². The normalized spacial score (nSPS) is 12.5. The van der Waals surface area contributed by atoms with Gasteiger partial charge in [0.1, 0.15) is 0 Å². The maximum absolute atomic E-state index is 13.0. The van der Waals surface area contributed by atoms with E-state index in [-0.39, 0.29) is 25.9 Å². The van der Waals surface area contributed by atoms with E-state index >= 15 is 0 Å². The Labute approximate surface area is 412 Å². The molecule has 7 heteroatoms. The molecule has 0 saturated carbocycles. The number of hydrogen-bond acceptors (Lipinski definition) is 3. The Morgan fingerprint density at radius 3 is 2.02 bits per heavy atom. The third kappa shape index (κ3) is 9.28. The van der Waals surface area contributed by atoms with Gasteiger partial charge in [0.15, 0.2) is 0 Å². The van der Waals surface area contributed by atoms with Gasteiger partial charge in [-0.1, -0.05) is 160 Å². The smallest absolute Gasteiger partial charge is 0.0798 e. The van der Waals surface area contributed by atoms with Gasteiger partial charge in [-0.2, -0.15) is 11.3 Å². The third-order valence-electron chi connectivity index (χ3n) is 12.1. The van der Waals surface area contributed by atoms with Gasteiger partial charge in [-0.15, -0.1) is 48.0 Å². The first-order valence-electron chi connectivity index (χ1n) is 23.8. The first kappa shape index (κ1) is 42.8. The maximum Gasteiger partial charge on any atom is 0.0798 e. The third-order valence-corrected chi connectivity index (χ3v) is 15.3. The number of benzene rings is 7. The van der Waals surface area contributed by atoms with Crippen LogP contribution in [0.5, 0.6) is 0 Å². The van der Waals surface area contributed by atoms with Gasteiger partial charge in [-0.25, -0.2) is 0 Å². The van der Waals surface area contributed by atoms with Gasteiger partial charge in [0, 0.05) is 46.6 Å². The number of imidazole rings is 1. The molecule has 0 aliphatic rings. The summed E-state index contributed by atoms with van der Waals surface area (Å²) in [5, 5.41) is 3.35. The largest absolute Gasteiger partial charge is 0.333 e. The van der Waals surface area contributed by atoms with Crippen LogP contribution in [-0.2, 0) is 20.1 Å². The van der Waals surface area contributed by atoms with E-state index < -0.39 is 14.9 Å². The molecular weight excluding hydrogens is 1020 g/mol. The SMILES string of the molecule is Cc1cc(C(C)C)c(-n2c(-c3[c-]ccc4c3sc3ccc(-c5ccc(-c6ccccc6)cc5)cc34)nc3ccccc32)c(C(C)C)c1.[2H]C([2H])([2H])c1cc(-c2[c-]cc(F)cc2)ncc1[Si](C)(C)C.[Ir]. The first-order chi connectivity index (χ1) is 32.5. The van der Waals surface area contributed by atoms with Gasteiger partial charge in [0.05, 0.1) is 24.9 Å². The molecule has 10 rings (SSSR count). The fourth-order valence-corrected chi connectivity index (χ4v) is 11.2. The number of fused-ring (bicyclic) bond motifs is 4. The molecule has 66 heavy (non-hydrogen) atoms. The molecule has 0 saturated heterocycles. The van der Waals surface area contributed by atoms with E-state index in [1.54, 1.807) is 18.3 Å². The summed E-state index contributed by atoms with van der Waals surface area (Å²) in [5.41, 5.74) is 14.8. The van der Waals surface area contributed by atoms with E-state index in [2.05, 4.69) is 197 Å². The van der Waals surface area contributed by atoms with Crippen molar-refractivity contribution in [1.29, 1.82) is 0 Å². The summed E-state index contributed by atoms with van der Waals surface area (Å²) in [6.45, 7) is 15.5. The molecule has 0 bridgehead atoms. The molecule has 0 atom stereocenters. The number of thiophene rings is 1. The minimum Gasteiger partial charge on any atom is -0.333 e. The van der Waals surface area contributed by atoms with Crippen LogP contribution in [-0.4, -0.2) is 22.6 Å². The number of hydrogen-bond donors (Lipinski definition) is 0. The Morgan fingerprint density at radius 2 is 1.36 bits per heavy atom. The summed E-state index contributed by atoms with van der Waals surface area (Å²) < 4.78 is 41.1. The maximum atomic E-state index is 13.0. The van der Waals surface area contributed by atoms with Gasteiger partial charge in [0.25, 0.3) is 0 Å². The van der Waals surface area contributed by atoms with Crippen LogP contribution in [0.3, 0.4) is 0 Å². The Hall–Kier alpha value is -5.82. The van der Waals surface area contributed by atoms with Crippen molar-refractivity contribution < 1.29 is 28.6 Å². The zero-order valence-electron chi connectivity index (χ0n) is 41.5. The number of para-hydroxylation sites is 2. The minimum atomic E-state index is -2.19. The number of nitrogens with zero attached hydrogens (tertiary/aromatic N) is 3. The second kappa shape index (κ2) is 19.2. The van der Waals surface area contributed by atoms with Crippen molar-refractivity contribution >= 4 is 55.8 Å². The molecule has 0 spiro atoms. The molecule has 7 aromatic carbocycles. The van der Waals surface area contributed by atoms with Gasteiger partial charge in [0.2, 0.25) is 0 Å². The molecule has 0 N–H and O–H groups in total. The Kier molecular flexibility index (Phi) is 12.4. The topological polar surface area (TPSA) is 30.7 Å². The van der Waals surface area contributed by atoms with Crippen LogP contribution in [0.4, 0.5) is 4.39 Å². The molecule has 0 aliphatic heterocycles. The average Bonchev–Trinajstić information content (AvgIpc) is 3.90. The molecule has 3 heterocycles. The Bertz CT molecular complexity index is 3420. The molecule has 0 aliphatic carbocycles. The predicted octanol–water partition coefficient (Wildman–Crippen LogP) is 16.3. The molecule has 0 amide bonds. The molecule has 3 nitrogen and oxygen atoms in total. The van der Waals surface area contributed by atoms with Gasteiger partial charge in [-0.05, 0) is 104 Å². The molecular formula is C59H54FIrN3SSi-2. The number of rotatable bonds is 8. The van der Waals surface area contributed by atoms with Crippen LogP contribution >= 0.6 is 11.3 Å². The van der Waals surface area contributed by atoms with E-state index in [9.17, 15) is 4.39 Å². The van der Waals surface area contributed by atoms with E-state index in [4.69, 9.17) is 9.10 Å². The monoisotopic (exact) mass is 1080 g/mol. The summed E-state index contributed by atoms with van der Waals surface area (Å²) in [6.07, 6.45) is 1.65. The quantitative estimate of drug-likeness (QED) is 0.112. The van der Waals surface area contributed by atoms with E-state index in [1.807, 2.05) is 11.3 Å². The van der Waals surface area contributed by atoms with Crippen molar-refractivity contribution in [3.05, 3.63) is 192 Å². The van der Waals surface area contributed by atoms with Crippen LogP contribution in [0, 0.1) is 31.7 Å². The molecule has 3 aromatic heterocycles. The fourth-order valence-electron chi connectivity index (χ4n) is 8.73. The fraction of sp³-hybridized carbons (Fsp3) is 0.186. The number of halogens is 1. The average molecular weight is 1080 g/mol. The molecule has 333 valence electrons. The van der Waals surface area contributed by atoms with Crippen LogP contribution in [0.2, 0.25) is 19.6 Å². The Morgan fingerprint density at radius 1 is 0.712 bits per heavy atom. The van der Waals surface area contributed by atoms with Crippen LogP contribution in [0.25, 0.3) is 81.8 Å². The summed E-state index contributed by atoms with van der Waals surface area (Å²) >= 11 is 1.84. The van der Waals surface area contributed by atoms with Gasteiger partial charge >= 0.3 is 0 Å². The number of aromatic nitrogens is 3. The van der Waals surface area contributed by atoms with Crippen molar-refractivity contribution in [2.45, 2.75) is 72.9 Å². The zero-order chi connectivity index (χ0) is 48.1. The number of pyridine rings is 1. The second-order valence-electron chi connectivity index (χ2n) is 18.5. The summed E-state index contributed by atoms with van der Waals surface area (Å²) in [7, 11) is -1.81.